The number of hydrogen-bond acceptors (Lipinski definition) is 6. The SMILES string of the molecule is COC(=O)c1csc2c1CCC(NS(=O)(=O)c1ccccc1)O2. The lowest BCUT2D eigenvalue weighted by Crippen LogP contribution is -2.41. The van der Waals surface area contributed by atoms with Crippen LogP contribution in [-0.2, 0) is 21.2 Å². The van der Waals surface area contributed by atoms with Crippen LogP contribution in [0, 0.1) is 0 Å². The molecule has 1 aromatic carbocycles. The summed E-state index contributed by atoms with van der Waals surface area (Å²) in [4.78, 5) is 11.8. The summed E-state index contributed by atoms with van der Waals surface area (Å²) in [5.41, 5.74) is 1.26. The first-order valence-corrected chi connectivity index (χ1v) is 9.30. The van der Waals surface area contributed by atoms with E-state index in [0.29, 0.717) is 23.5 Å². The van der Waals surface area contributed by atoms with Gasteiger partial charge in [0.25, 0.3) is 0 Å². The van der Waals surface area contributed by atoms with Crippen LogP contribution in [0.4, 0.5) is 0 Å². The molecule has 2 heterocycles. The Morgan fingerprint density at radius 2 is 2.09 bits per heavy atom. The van der Waals surface area contributed by atoms with Crippen LogP contribution >= 0.6 is 11.3 Å². The van der Waals surface area contributed by atoms with E-state index in [4.69, 9.17) is 9.47 Å². The Morgan fingerprint density at radius 1 is 1.35 bits per heavy atom. The van der Waals surface area contributed by atoms with Crippen molar-refractivity contribution in [1.82, 2.24) is 4.72 Å². The van der Waals surface area contributed by atoms with Crippen LogP contribution in [0.2, 0.25) is 0 Å². The first-order valence-electron chi connectivity index (χ1n) is 6.94. The number of thiophene rings is 1. The molecule has 0 amide bonds. The van der Waals surface area contributed by atoms with E-state index in [-0.39, 0.29) is 4.90 Å². The van der Waals surface area contributed by atoms with E-state index in [1.807, 2.05) is 0 Å². The van der Waals surface area contributed by atoms with Crippen molar-refractivity contribution in [3.8, 4) is 5.06 Å². The Labute approximate surface area is 138 Å². The highest BCUT2D eigenvalue weighted by molar-refractivity contribution is 7.89. The maximum absolute atomic E-state index is 12.3. The molecular weight excluding hydrogens is 338 g/mol. The first-order chi connectivity index (χ1) is 11.0. The van der Waals surface area contributed by atoms with Gasteiger partial charge in [-0.25, -0.2) is 13.2 Å². The topological polar surface area (TPSA) is 81.7 Å². The van der Waals surface area contributed by atoms with Gasteiger partial charge < -0.3 is 9.47 Å². The molecule has 0 spiro atoms. The van der Waals surface area contributed by atoms with E-state index in [9.17, 15) is 13.2 Å². The molecule has 0 radical (unpaired) electrons. The lowest BCUT2D eigenvalue weighted by atomic mass is 10.1. The zero-order valence-corrected chi connectivity index (χ0v) is 13.9. The van der Waals surface area contributed by atoms with Crippen LogP contribution in [0.3, 0.4) is 0 Å². The molecule has 3 rings (SSSR count). The van der Waals surface area contributed by atoms with Gasteiger partial charge in [-0.15, -0.1) is 11.3 Å². The molecule has 0 aliphatic carbocycles. The van der Waals surface area contributed by atoms with E-state index < -0.39 is 22.2 Å². The van der Waals surface area contributed by atoms with Crippen LogP contribution in [0.25, 0.3) is 0 Å². The quantitative estimate of drug-likeness (QED) is 0.852. The van der Waals surface area contributed by atoms with E-state index in [0.717, 1.165) is 5.56 Å². The van der Waals surface area contributed by atoms with Gasteiger partial charge in [-0.05, 0) is 18.6 Å². The number of fused-ring (bicyclic) bond motifs is 1. The molecule has 1 aliphatic heterocycles. The summed E-state index contributed by atoms with van der Waals surface area (Å²) in [6.07, 6.45) is 0.335. The lowest BCUT2D eigenvalue weighted by molar-refractivity contribution is 0.0597. The second kappa shape index (κ2) is 6.31. The molecule has 6 nitrogen and oxygen atoms in total. The molecule has 1 aliphatic rings. The summed E-state index contributed by atoms with van der Waals surface area (Å²) in [6, 6.07) is 8.13. The number of benzene rings is 1. The highest BCUT2D eigenvalue weighted by Crippen LogP contribution is 2.36. The zero-order chi connectivity index (χ0) is 16.4. The van der Waals surface area contributed by atoms with Crippen molar-refractivity contribution < 1.29 is 22.7 Å². The van der Waals surface area contributed by atoms with Crippen LogP contribution in [-0.4, -0.2) is 27.7 Å². The van der Waals surface area contributed by atoms with Crippen molar-refractivity contribution in [2.24, 2.45) is 0 Å². The smallest absolute Gasteiger partial charge is 0.339 e. The molecule has 122 valence electrons. The predicted octanol–water partition coefficient (Wildman–Crippen LogP) is 2.16. The molecule has 2 aromatic rings. The Bertz CT molecular complexity index is 814. The highest BCUT2D eigenvalue weighted by Gasteiger charge is 2.29. The molecule has 1 aromatic heterocycles. The Hall–Kier alpha value is -1.90. The molecule has 8 heteroatoms. The van der Waals surface area contributed by atoms with Crippen LogP contribution < -0.4 is 9.46 Å². The maximum atomic E-state index is 12.3. The fraction of sp³-hybridized carbons (Fsp3) is 0.267. The largest absolute Gasteiger partial charge is 0.465 e. The Morgan fingerprint density at radius 3 is 2.78 bits per heavy atom. The van der Waals surface area contributed by atoms with Gasteiger partial charge in [0.05, 0.1) is 17.6 Å². The van der Waals surface area contributed by atoms with Gasteiger partial charge in [0, 0.05) is 17.4 Å². The zero-order valence-electron chi connectivity index (χ0n) is 12.3. The van der Waals surface area contributed by atoms with E-state index in [2.05, 4.69) is 4.72 Å². The third-order valence-corrected chi connectivity index (χ3v) is 5.88. The van der Waals surface area contributed by atoms with E-state index >= 15 is 0 Å². The molecule has 0 fully saturated rings. The van der Waals surface area contributed by atoms with Gasteiger partial charge in [0.1, 0.15) is 0 Å². The van der Waals surface area contributed by atoms with Crippen molar-refractivity contribution in [2.45, 2.75) is 24.0 Å². The fourth-order valence-corrected chi connectivity index (χ4v) is 4.52. The molecule has 1 unspecified atom stereocenters. The third kappa shape index (κ3) is 3.24. The van der Waals surface area contributed by atoms with Crippen molar-refractivity contribution in [1.29, 1.82) is 0 Å². The number of nitrogens with one attached hydrogen (secondary N) is 1. The summed E-state index contributed by atoms with van der Waals surface area (Å²) in [5.74, 6) is -0.408. The standard InChI is InChI=1S/C15H15NO5S2/c1-20-14(17)12-9-22-15-11(12)7-8-13(21-15)16-23(18,19)10-5-3-2-4-6-10/h2-6,9,13,16H,7-8H2,1H3. The Balaban J connectivity index is 1.76. The average Bonchev–Trinajstić information content (AvgIpc) is 2.97. The first kappa shape index (κ1) is 16.0. The second-order valence-electron chi connectivity index (χ2n) is 4.99. The highest BCUT2D eigenvalue weighted by atomic mass is 32.2. The van der Waals surface area contributed by atoms with Crippen molar-refractivity contribution >= 4 is 27.3 Å². The van der Waals surface area contributed by atoms with Gasteiger partial charge >= 0.3 is 5.97 Å². The van der Waals surface area contributed by atoms with Gasteiger partial charge in [0.15, 0.2) is 11.3 Å². The van der Waals surface area contributed by atoms with Gasteiger partial charge in [-0.3, -0.25) is 0 Å². The van der Waals surface area contributed by atoms with Crippen molar-refractivity contribution in [3.63, 3.8) is 0 Å². The minimum absolute atomic E-state index is 0.191. The van der Waals surface area contributed by atoms with Crippen LogP contribution in [0.15, 0.2) is 40.6 Å². The van der Waals surface area contributed by atoms with Crippen LogP contribution in [0.1, 0.15) is 22.3 Å². The number of hydrogen-bond donors (Lipinski definition) is 1. The van der Waals surface area contributed by atoms with E-state index in [1.54, 1.807) is 23.6 Å². The normalized spacial score (nSPS) is 17.2. The van der Waals surface area contributed by atoms with Crippen molar-refractivity contribution in [2.75, 3.05) is 7.11 Å². The number of sulfonamides is 1. The minimum atomic E-state index is -3.64. The second-order valence-corrected chi connectivity index (χ2v) is 7.54. The van der Waals surface area contributed by atoms with E-state index in [1.165, 1.54) is 30.6 Å². The summed E-state index contributed by atoms with van der Waals surface area (Å²) >= 11 is 1.26. The van der Waals surface area contributed by atoms with Crippen molar-refractivity contribution in [3.05, 3.63) is 46.8 Å². The lowest BCUT2D eigenvalue weighted by Gasteiger charge is -2.24. The molecule has 1 atom stereocenters. The summed E-state index contributed by atoms with van der Waals surface area (Å²) in [7, 11) is -2.31. The maximum Gasteiger partial charge on any atom is 0.339 e. The number of carbonyl (C=O) groups is 1. The molecule has 23 heavy (non-hydrogen) atoms. The summed E-state index contributed by atoms with van der Waals surface area (Å²) < 4.78 is 37.6. The summed E-state index contributed by atoms with van der Waals surface area (Å²) in [5, 5.41) is 2.22. The van der Waals surface area contributed by atoms with Gasteiger partial charge in [-0.1, -0.05) is 18.2 Å². The number of ether oxygens (including phenoxy) is 2. The predicted molar refractivity (Wildman–Crippen MR) is 85.2 cm³/mol. The minimum Gasteiger partial charge on any atom is -0.465 e. The number of rotatable bonds is 4. The number of methoxy groups -OCH3 is 1. The molecule has 0 saturated carbocycles. The molecule has 0 bridgehead atoms. The van der Waals surface area contributed by atoms with Gasteiger partial charge in [0.2, 0.25) is 10.0 Å². The number of esters is 1. The fourth-order valence-electron chi connectivity index (χ4n) is 2.37. The summed E-state index contributed by atoms with van der Waals surface area (Å²) in [6.45, 7) is 0. The monoisotopic (exact) mass is 353 g/mol. The number of carbonyl (C=O) groups excluding carboxylic acids is 1. The molecular formula is C15H15NO5S2. The van der Waals surface area contributed by atoms with Crippen LogP contribution in [0.5, 0.6) is 5.06 Å². The molecule has 0 saturated heterocycles. The molecule has 1 N–H and O–H groups in total. The van der Waals surface area contributed by atoms with Gasteiger partial charge in [-0.2, -0.15) is 4.72 Å². The third-order valence-electron chi connectivity index (χ3n) is 3.51. The Kier molecular flexibility index (Phi) is 4.38. The average molecular weight is 353 g/mol.